The Bertz CT molecular complexity index is 243. The average molecular weight is 345 g/mol. The maximum atomic E-state index is 3.49. The maximum absolute atomic E-state index is 3.49. The van der Waals surface area contributed by atoms with Gasteiger partial charge in [-0.3, -0.25) is 0 Å². The van der Waals surface area contributed by atoms with Crippen LogP contribution in [0, 0.1) is 0 Å². The number of alkyl halides is 1. The molecule has 1 aliphatic rings. The smallest absolute Gasteiger partial charge is 0.0893 e. The molecule has 0 N–H and O–H groups in total. The van der Waals surface area contributed by atoms with Crippen molar-refractivity contribution in [3.05, 3.63) is 12.4 Å². The van der Waals surface area contributed by atoms with Crippen LogP contribution in [0.5, 0.6) is 0 Å². The Labute approximate surface area is 134 Å². The van der Waals surface area contributed by atoms with Crippen LogP contribution in [0.3, 0.4) is 0 Å². The normalized spacial score (nSPS) is 14.5. The number of hydrogen-bond donors (Lipinski definition) is 0. The third kappa shape index (κ3) is 8.89. The quantitative estimate of drug-likeness (QED) is 0.328. The van der Waals surface area contributed by atoms with Crippen molar-refractivity contribution < 1.29 is 0 Å². The first-order valence-electron chi connectivity index (χ1n) is 8.59. The van der Waals surface area contributed by atoms with Crippen molar-refractivity contribution in [1.82, 2.24) is 9.80 Å². The first kappa shape index (κ1) is 17.9. The highest BCUT2D eigenvalue weighted by molar-refractivity contribution is 9.09. The molecule has 0 bridgehead atoms. The zero-order valence-corrected chi connectivity index (χ0v) is 14.9. The second-order valence-electron chi connectivity index (χ2n) is 5.94. The minimum Gasteiger partial charge on any atom is -0.359 e. The Morgan fingerprint density at radius 2 is 1.25 bits per heavy atom. The van der Waals surface area contributed by atoms with E-state index in [0.29, 0.717) is 0 Å². The van der Waals surface area contributed by atoms with Crippen LogP contribution in [0.15, 0.2) is 12.4 Å². The van der Waals surface area contributed by atoms with Crippen LogP contribution < -0.4 is 0 Å². The molecule has 0 aromatic rings. The van der Waals surface area contributed by atoms with E-state index in [4.69, 9.17) is 0 Å². The van der Waals surface area contributed by atoms with Gasteiger partial charge in [0, 0.05) is 30.8 Å². The molecule has 3 heteroatoms. The molecule has 0 atom stereocenters. The van der Waals surface area contributed by atoms with E-state index < -0.39 is 0 Å². The van der Waals surface area contributed by atoms with Gasteiger partial charge in [-0.05, 0) is 19.3 Å². The van der Waals surface area contributed by atoms with E-state index in [1.54, 1.807) is 0 Å². The maximum Gasteiger partial charge on any atom is 0.0893 e. The van der Waals surface area contributed by atoms with Gasteiger partial charge in [0.25, 0.3) is 0 Å². The summed E-state index contributed by atoms with van der Waals surface area (Å²) in [6, 6.07) is 0. The van der Waals surface area contributed by atoms with Crippen LogP contribution in [0.25, 0.3) is 0 Å². The average Bonchev–Trinajstić information content (AvgIpc) is 2.90. The highest BCUT2D eigenvalue weighted by Gasteiger charge is 2.10. The van der Waals surface area contributed by atoms with Gasteiger partial charge in [0.1, 0.15) is 0 Å². The number of hydrogen-bond acceptors (Lipinski definition) is 2. The summed E-state index contributed by atoms with van der Waals surface area (Å²) in [4.78, 5) is 4.90. The van der Waals surface area contributed by atoms with Gasteiger partial charge in [-0.15, -0.1) is 0 Å². The SMILES string of the molecule is CCCCCCCCCCN1C=CN(CCCCBr)C1. The van der Waals surface area contributed by atoms with Crippen molar-refractivity contribution in [3.8, 4) is 0 Å². The summed E-state index contributed by atoms with van der Waals surface area (Å²) in [6.07, 6.45) is 18.4. The van der Waals surface area contributed by atoms with Crippen molar-refractivity contribution >= 4 is 15.9 Å². The van der Waals surface area contributed by atoms with E-state index in [1.807, 2.05) is 0 Å². The second kappa shape index (κ2) is 12.6. The summed E-state index contributed by atoms with van der Waals surface area (Å²) in [5, 5.41) is 1.13. The second-order valence-corrected chi connectivity index (χ2v) is 6.73. The first-order valence-corrected chi connectivity index (χ1v) is 9.71. The number of nitrogens with zero attached hydrogens (tertiary/aromatic N) is 2. The topological polar surface area (TPSA) is 6.48 Å². The lowest BCUT2D eigenvalue weighted by Crippen LogP contribution is -2.26. The summed E-state index contributed by atoms with van der Waals surface area (Å²) < 4.78 is 0. The van der Waals surface area contributed by atoms with Gasteiger partial charge in [-0.1, -0.05) is 67.8 Å². The molecule has 0 spiro atoms. The molecule has 0 aromatic carbocycles. The van der Waals surface area contributed by atoms with Gasteiger partial charge < -0.3 is 9.80 Å². The van der Waals surface area contributed by atoms with E-state index in [0.717, 1.165) is 12.0 Å². The van der Waals surface area contributed by atoms with E-state index in [-0.39, 0.29) is 0 Å². The number of halogens is 1. The molecule has 1 rings (SSSR count). The van der Waals surface area contributed by atoms with Gasteiger partial charge in [0.05, 0.1) is 6.67 Å². The summed E-state index contributed by atoms with van der Waals surface area (Å²) in [5.41, 5.74) is 0. The van der Waals surface area contributed by atoms with Gasteiger partial charge in [-0.2, -0.15) is 0 Å². The minimum atomic E-state index is 1.11. The molecule has 0 fully saturated rings. The molecule has 0 aromatic heterocycles. The third-order valence-corrected chi connectivity index (χ3v) is 4.54. The lowest BCUT2D eigenvalue weighted by atomic mass is 10.1. The Hall–Kier alpha value is -0.180. The molecule has 0 amide bonds. The Morgan fingerprint density at radius 3 is 1.80 bits per heavy atom. The fraction of sp³-hybridized carbons (Fsp3) is 0.882. The molecule has 118 valence electrons. The molecule has 0 aliphatic carbocycles. The Kier molecular flexibility index (Phi) is 11.2. The predicted octanol–water partition coefficient (Wildman–Crippen LogP) is 5.35. The fourth-order valence-electron chi connectivity index (χ4n) is 2.66. The van der Waals surface area contributed by atoms with Crippen molar-refractivity contribution in [2.24, 2.45) is 0 Å². The van der Waals surface area contributed by atoms with Crippen LogP contribution >= 0.6 is 15.9 Å². The molecular formula is C17H33BrN2. The van der Waals surface area contributed by atoms with Crippen LogP contribution in [0.1, 0.15) is 71.1 Å². The van der Waals surface area contributed by atoms with Gasteiger partial charge in [0.2, 0.25) is 0 Å². The van der Waals surface area contributed by atoms with E-state index >= 15 is 0 Å². The van der Waals surface area contributed by atoms with Crippen molar-refractivity contribution in [2.75, 3.05) is 25.1 Å². The standard InChI is InChI=1S/C17H33BrN2/c1-2-3-4-5-6-7-8-10-13-19-15-16-20(17-19)14-11-9-12-18/h15-16H,2-14,17H2,1H3. The highest BCUT2D eigenvalue weighted by Crippen LogP contribution is 2.12. The Morgan fingerprint density at radius 1 is 0.750 bits per heavy atom. The molecule has 1 aliphatic heterocycles. The molecule has 0 saturated carbocycles. The van der Waals surface area contributed by atoms with Crippen LogP contribution in [-0.4, -0.2) is 34.9 Å². The van der Waals surface area contributed by atoms with E-state index in [2.05, 4.69) is 45.1 Å². The zero-order chi connectivity index (χ0) is 14.5. The summed E-state index contributed by atoms with van der Waals surface area (Å²) in [6.45, 7) is 5.84. The third-order valence-electron chi connectivity index (χ3n) is 3.98. The highest BCUT2D eigenvalue weighted by atomic mass is 79.9. The van der Waals surface area contributed by atoms with Crippen LogP contribution in [0.2, 0.25) is 0 Å². The van der Waals surface area contributed by atoms with Crippen LogP contribution in [-0.2, 0) is 0 Å². The fourth-order valence-corrected chi connectivity index (χ4v) is 3.06. The van der Waals surface area contributed by atoms with Gasteiger partial charge in [-0.25, -0.2) is 0 Å². The Balaban J connectivity index is 1.87. The van der Waals surface area contributed by atoms with Crippen molar-refractivity contribution in [1.29, 1.82) is 0 Å². The first-order chi connectivity index (χ1) is 9.86. The van der Waals surface area contributed by atoms with E-state index in [9.17, 15) is 0 Å². The summed E-state index contributed by atoms with van der Waals surface area (Å²) in [5.74, 6) is 0. The molecule has 2 nitrogen and oxygen atoms in total. The molecule has 0 saturated heterocycles. The minimum absolute atomic E-state index is 1.11. The van der Waals surface area contributed by atoms with Crippen molar-refractivity contribution in [3.63, 3.8) is 0 Å². The molecule has 0 unspecified atom stereocenters. The molecule has 0 radical (unpaired) electrons. The summed E-state index contributed by atoms with van der Waals surface area (Å²) >= 11 is 3.49. The monoisotopic (exact) mass is 344 g/mol. The summed E-state index contributed by atoms with van der Waals surface area (Å²) in [7, 11) is 0. The van der Waals surface area contributed by atoms with Crippen LogP contribution in [0.4, 0.5) is 0 Å². The largest absolute Gasteiger partial charge is 0.359 e. The number of unbranched alkanes of at least 4 members (excludes halogenated alkanes) is 8. The zero-order valence-electron chi connectivity index (χ0n) is 13.3. The predicted molar refractivity (Wildman–Crippen MR) is 93.1 cm³/mol. The van der Waals surface area contributed by atoms with E-state index in [1.165, 1.54) is 77.3 Å². The number of rotatable bonds is 13. The lowest BCUT2D eigenvalue weighted by Gasteiger charge is -2.21. The van der Waals surface area contributed by atoms with Gasteiger partial charge in [0.15, 0.2) is 0 Å². The van der Waals surface area contributed by atoms with Crippen molar-refractivity contribution in [2.45, 2.75) is 71.1 Å². The lowest BCUT2D eigenvalue weighted by molar-refractivity contribution is 0.258. The van der Waals surface area contributed by atoms with Gasteiger partial charge >= 0.3 is 0 Å². The molecule has 20 heavy (non-hydrogen) atoms. The molecule has 1 heterocycles. The molecular weight excluding hydrogens is 312 g/mol.